The first-order valence-corrected chi connectivity index (χ1v) is 10.4. The van der Waals surface area contributed by atoms with Crippen molar-refractivity contribution in [2.75, 3.05) is 6.61 Å². The van der Waals surface area contributed by atoms with Gasteiger partial charge >= 0.3 is 5.97 Å². The molecule has 0 saturated heterocycles. The molecule has 154 valence electrons. The van der Waals surface area contributed by atoms with Crippen LogP contribution in [0.1, 0.15) is 44.8 Å². The van der Waals surface area contributed by atoms with E-state index in [0.29, 0.717) is 34.0 Å². The van der Waals surface area contributed by atoms with Crippen molar-refractivity contribution in [2.45, 2.75) is 27.3 Å². The van der Waals surface area contributed by atoms with Gasteiger partial charge in [-0.05, 0) is 50.6 Å². The predicted molar refractivity (Wildman–Crippen MR) is 115 cm³/mol. The van der Waals surface area contributed by atoms with E-state index in [2.05, 4.69) is 15.3 Å². The molecule has 0 aliphatic carbocycles. The minimum Gasteiger partial charge on any atom is -0.462 e. The maximum Gasteiger partial charge on any atom is 0.340 e. The molecule has 0 fully saturated rings. The molecule has 3 aromatic heterocycles. The van der Waals surface area contributed by atoms with Crippen molar-refractivity contribution in [3.8, 4) is 10.8 Å². The van der Waals surface area contributed by atoms with Crippen LogP contribution in [0, 0.1) is 13.8 Å². The molecule has 7 nitrogen and oxygen atoms in total. The van der Waals surface area contributed by atoms with Crippen LogP contribution in [0.25, 0.3) is 21.0 Å². The second-order valence-corrected chi connectivity index (χ2v) is 7.81. The van der Waals surface area contributed by atoms with E-state index in [1.807, 2.05) is 36.4 Å². The van der Waals surface area contributed by atoms with Crippen molar-refractivity contribution in [1.29, 1.82) is 0 Å². The second-order valence-electron chi connectivity index (χ2n) is 6.78. The van der Waals surface area contributed by atoms with Gasteiger partial charge in [0.15, 0.2) is 10.8 Å². The molecule has 4 rings (SSSR count). The fraction of sp³-hybridized carbons (Fsp3) is 0.227. The number of rotatable bonds is 6. The number of hydrogen-bond acceptors (Lipinski definition) is 6. The molecule has 2 N–H and O–H groups in total. The number of para-hydroxylation sites is 1. The van der Waals surface area contributed by atoms with Gasteiger partial charge < -0.3 is 19.5 Å². The summed E-state index contributed by atoms with van der Waals surface area (Å²) in [6, 6.07) is 11.6. The minimum atomic E-state index is -0.436. The van der Waals surface area contributed by atoms with Crippen molar-refractivity contribution in [3.63, 3.8) is 0 Å². The quantitative estimate of drug-likeness (QED) is 0.442. The normalized spacial score (nSPS) is 11.0. The van der Waals surface area contributed by atoms with E-state index in [1.54, 1.807) is 32.1 Å². The third-order valence-corrected chi connectivity index (χ3v) is 5.78. The van der Waals surface area contributed by atoms with E-state index in [1.165, 1.54) is 0 Å². The van der Waals surface area contributed by atoms with Crippen molar-refractivity contribution in [3.05, 3.63) is 64.7 Å². The van der Waals surface area contributed by atoms with E-state index in [4.69, 9.17) is 9.15 Å². The van der Waals surface area contributed by atoms with Crippen molar-refractivity contribution in [1.82, 2.24) is 15.3 Å². The van der Waals surface area contributed by atoms with Gasteiger partial charge in [-0.2, -0.15) is 0 Å². The summed E-state index contributed by atoms with van der Waals surface area (Å²) in [6.45, 7) is 5.71. The number of benzene rings is 1. The smallest absolute Gasteiger partial charge is 0.340 e. The number of furan rings is 1. The van der Waals surface area contributed by atoms with Crippen LogP contribution >= 0.6 is 11.3 Å². The molecule has 0 aliphatic heterocycles. The lowest BCUT2D eigenvalue weighted by molar-refractivity contribution is 0.0525. The molecule has 30 heavy (non-hydrogen) atoms. The third-order valence-electron chi connectivity index (χ3n) is 4.73. The molecule has 0 saturated carbocycles. The number of aromatic nitrogens is 2. The van der Waals surface area contributed by atoms with Crippen LogP contribution in [0.3, 0.4) is 0 Å². The van der Waals surface area contributed by atoms with Crippen LogP contribution in [-0.2, 0) is 11.3 Å². The molecule has 4 aromatic rings. The largest absolute Gasteiger partial charge is 0.462 e. The zero-order valence-corrected chi connectivity index (χ0v) is 17.7. The van der Waals surface area contributed by atoms with Crippen LogP contribution in [0.2, 0.25) is 0 Å². The summed E-state index contributed by atoms with van der Waals surface area (Å²) in [5.41, 5.74) is 2.84. The molecule has 0 unspecified atom stereocenters. The predicted octanol–water partition coefficient (Wildman–Crippen LogP) is 4.61. The molecule has 0 atom stereocenters. The standard InChI is InChI=1S/C22H21N3O4S/c1-4-28-22(27)18-12(2)19(24-13(18)3)20(26)23-11-14-9-10-16(29-14)21-25-15-7-5-6-8-17(15)30-21/h5-10,24H,4,11H2,1-3H3,(H,23,26). The van der Waals surface area contributed by atoms with Crippen molar-refractivity contribution in [2.24, 2.45) is 0 Å². The van der Waals surface area contributed by atoms with Crippen molar-refractivity contribution >= 4 is 33.4 Å². The number of aryl methyl sites for hydroxylation is 1. The number of thiazole rings is 1. The molecule has 0 aliphatic rings. The zero-order chi connectivity index (χ0) is 21.3. The molecule has 3 heterocycles. The highest BCUT2D eigenvalue weighted by molar-refractivity contribution is 7.21. The van der Waals surface area contributed by atoms with E-state index in [0.717, 1.165) is 15.2 Å². The summed E-state index contributed by atoms with van der Waals surface area (Å²) >= 11 is 1.56. The average Bonchev–Trinajstić information content (AvgIpc) is 3.43. The number of carbonyl (C=O) groups excluding carboxylic acids is 2. The number of H-pyrrole nitrogens is 1. The minimum absolute atomic E-state index is 0.218. The van der Waals surface area contributed by atoms with Crippen molar-refractivity contribution < 1.29 is 18.7 Å². The lowest BCUT2D eigenvalue weighted by Crippen LogP contribution is -2.23. The molecule has 0 radical (unpaired) electrons. The fourth-order valence-corrected chi connectivity index (χ4v) is 4.24. The molecule has 0 spiro atoms. The number of carbonyl (C=O) groups is 2. The van der Waals surface area contributed by atoms with Crippen LogP contribution in [0.5, 0.6) is 0 Å². The SMILES string of the molecule is CCOC(=O)c1c(C)[nH]c(C(=O)NCc2ccc(-c3nc4ccccc4s3)o2)c1C. The Kier molecular flexibility index (Phi) is 5.41. The average molecular weight is 423 g/mol. The summed E-state index contributed by atoms with van der Waals surface area (Å²) in [5, 5.41) is 3.62. The lowest BCUT2D eigenvalue weighted by Gasteiger charge is -2.04. The monoisotopic (exact) mass is 423 g/mol. The van der Waals surface area contributed by atoms with E-state index in [9.17, 15) is 9.59 Å². The Balaban J connectivity index is 1.46. The Bertz CT molecular complexity index is 1200. The van der Waals surface area contributed by atoms with E-state index < -0.39 is 5.97 Å². The van der Waals surface area contributed by atoms with Gasteiger partial charge in [-0.3, -0.25) is 4.79 Å². The molecule has 1 amide bonds. The van der Waals surface area contributed by atoms with Gasteiger partial charge in [-0.25, -0.2) is 9.78 Å². The van der Waals surface area contributed by atoms with Gasteiger partial charge in [-0.15, -0.1) is 11.3 Å². The summed E-state index contributed by atoms with van der Waals surface area (Å²) in [7, 11) is 0. The number of ether oxygens (including phenoxy) is 1. The first kappa shape index (κ1) is 19.9. The number of esters is 1. The molecule has 0 bridgehead atoms. The third kappa shape index (κ3) is 3.73. The second kappa shape index (κ2) is 8.16. The molecule has 1 aromatic carbocycles. The van der Waals surface area contributed by atoms with Gasteiger partial charge in [0, 0.05) is 5.69 Å². The number of amides is 1. The Morgan fingerprint density at radius 2 is 2.00 bits per heavy atom. The number of nitrogens with zero attached hydrogens (tertiary/aromatic N) is 1. The lowest BCUT2D eigenvalue weighted by atomic mass is 10.1. The first-order chi connectivity index (χ1) is 14.5. The van der Waals surface area contributed by atoms with Crippen LogP contribution in [0.15, 0.2) is 40.8 Å². The maximum absolute atomic E-state index is 12.6. The van der Waals surface area contributed by atoms with Gasteiger partial charge in [0.25, 0.3) is 5.91 Å². The number of nitrogens with one attached hydrogen (secondary N) is 2. The number of aromatic amines is 1. The van der Waals surface area contributed by atoms with E-state index >= 15 is 0 Å². The Morgan fingerprint density at radius 3 is 2.77 bits per heavy atom. The summed E-state index contributed by atoms with van der Waals surface area (Å²) < 4.78 is 12.0. The van der Waals surface area contributed by atoms with Gasteiger partial charge in [0.1, 0.15) is 11.5 Å². The summed E-state index contributed by atoms with van der Waals surface area (Å²) in [5.74, 6) is 0.527. The molecular formula is C22H21N3O4S. The number of fused-ring (bicyclic) bond motifs is 1. The van der Waals surface area contributed by atoms with Crippen LogP contribution in [0.4, 0.5) is 0 Å². The zero-order valence-electron chi connectivity index (χ0n) is 16.9. The first-order valence-electron chi connectivity index (χ1n) is 9.57. The molecular weight excluding hydrogens is 402 g/mol. The van der Waals surface area contributed by atoms with Crippen LogP contribution < -0.4 is 5.32 Å². The topological polar surface area (TPSA) is 97.2 Å². The summed E-state index contributed by atoms with van der Waals surface area (Å²) in [4.78, 5) is 32.3. The van der Waals surface area contributed by atoms with Gasteiger partial charge in [0.05, 0.1) is 28.9 Å². The highest BCUT2D eigenvalue weighted by atomic mass is 32.1. The highest BCUT2D eigenvalue weighted by Gasteiger charge is 2.23. The summed E-state index contributed by atoms with van der Waals surface area (Å²) in [6.07, 6.45) is 0. The van der Waals surface area contributed by atoms with Gasteiger partial charge in [-0.1, -0.05) is 12.1 Å². The Labute approximate surface area is 177 Å². The Hall–Kier alpha value is -3.39. The number of hydrogen-bond donors (Lipinski definition) is 2. The maximum atomic E-state index is 12.6. The highest BCUT2D eigenvalue weighted by Crippen LogP contribution is 2.31. The molecule has 8 heteroatoms. The Morgan fingerprint density at radius 1 is 1.20 bits per heavy atom. The van der Waals surface area contributed by atoms with Gasteiger partial charge in [0.2, 0.25) is 0 Å². The fourth-order valence-electron chi connectivity index (χ4n) is 3.31. The van der Waals surface area contributed by atoms with Crippen LogP contribution in [-0.4, -0.2) is 28.5 Å². The van der Waals surface area contributed by atoms with E-state index in [-0.39, 0.29) is 19.1 Å².